The lowest BCUT2D eigenvalue weighted by Crippen LogP contribution is -2.53. The molecule has 2 saturated heterocycles. The average molecular weight is 332 g/mol. The Morgan fingerprint density at radius 1 is 1.30 bits per heavy atom. The lowest BCUT2D eigenvalue weighted by molar-refractivity contribution is -0.310. The Morgan fingerprint density at radius 3 is 2.39 bits per heavy atom. The van der Waals surface area contributed by atoms with Crippen LogP contribution in [0.15, 0.2) is 0 Å². The van der Waals surface area contributed by atoms with Crippen molar-refractivity contribution < 1.29 is 34.3 Å². The molecule has 2 aliphatic rings. The number of carbonyl (C=O) groups is 1. The molecule has 2 rings (SSSR count). The van der Waals surface area contributed by atoms with Gasteiger partial charge in [0, 0.05) is 6.42 Å². The molecule has 0 spiro atoms. The van der Waals surface area contributed by atoms with Crippen LogP contribution in [-0.4, -0.2) is 63.2 Å². The number of ether oxygens (including phenoxy) is 3. The van der Waals surface area contributed by atoms with E-state index in [0.717, 1.165) is 0 Å². The first-order chi connectivity index (χ1) is 10.4. The van der Waals surface area contributed by atoms with Crippen LogP contribution in [0.4, 0.5) is 0 Å². The summed E-state index contributed by atoms with van der Waals surface area (Å²) in [5.74, 6) is -2.39. The van der Waals surface area contributed by atoms with Crippen LogP contribution in [0.3, 0.4) is 0 Å². The molecule has 2 heterocycles. The Bertz CT molecular complexity index is 474. The molecule has 0 aromatic heterocycles. The Morgan fingerprint density at radius 2 is 1.91 bits per heavy atom. The highest BCUT2D eigenvalue weighted by Gasteiger charge is 2.59. The van der Waals surface area contributed by atoms with E-state index in [1.165, 1.54) is 21.0 Å². The molecule has 0 unspecified atom stereocenters. The number of rotatable bonds is 4. The molecule has 7 nitrogen and oxygen atoms in total. The molecular formula is C16H28O7. The Hall–Kier alpha value is -0.730. The van der Waals surface area contributed by atoms with Crippen molar-refractivity contribution in [2.45, 2.75) is 88.2 Å². The first kappa shape index (κ1) is 18.6. The van der Waals surface area contributed by atoms with Gasteiger partial charge in [-0.1, -0.05) is 0 Å². The molecule has 2 aliphatic heterocycles. The van der Waals surface area contributed by atoms with E-state index in [1.54, 1.807) is 6.92 Å². The normalized spacial score (nSPS) is 42.7. The molecule has 0 amide bonds. The van der Waals surface area contributed by atoms with Gasteiger partial charge in [-0.25, -0.2) is 4.79 Å². The molecule has 0 aliphatic carbocycles. The van der Waals surface area contributed by atoms with Gasteiger partial charge in [0.2, 0.25) is 0 Å². The Kier molecular flexibility index (Phi) is 4.58. The van der Waals surface area contributed by atoms with Gasteiger partial charge in [0.15, 0.2) is 11.9 Å². The highest BCUT2D eigenvalue weighted by molar-refractivity contribution is 5.75. The van der Waals surface area contributed by atoms with Crippen molar-refractivity contribution in [2.24, 2.45) is 0 Å². The monoisotopic (exact) mass is 332 g/mol. The van der Waals surface area contributed by atoms with Crippen LogP contribution in [0.2, 0.25) is 0 Å². The van der Waals surface area contributed by atoms with E-state index < -0.39 is 40.8 Å². The van der Waals surface area contributed by atoms with Crippen LogP contribution in [0, 0.1) is 0 Å². The summed E-state index contributed by atoms with van der Waals surface area (Å²) < 4.78 is 16.4. The number of carbonyl (C=O) groups excluding carboxylic acids is 1. The summed E-state index contributed by atoms with van der Waals surface area (Å²) >= 11 is 0. The van der Waals surface area contributed by atoms with Gasteiger partial charge in [-0.15, -0.1) is 0 Å². The fourth-order valence-corrected chi connectivity index (χ4v) is 3.42. The molecule has 134 valence electrons. The molecule has 0 radical (unpaired) electrons. The first-order valence-corrected chi connectivity index (χ1v) is 7.95. The summed E-state index contributed by atoms with van der Waals surface area (Å²) in [6.45, 7) is 6.48. The zero-order valence-corrected chi connectivity index (χ0v) is 14.5. The van der Waals surface area contributed by atoms with Crippen molar-refractivity contribution >= 4 is 5.97 Å². The largest absolute Gasteiger partial charge is 0.467 e. The van der Waals surface area contributed by atoms with Crippen molar-refractivity contribution in [3.8, 4) is 0 Å². The minimum atomic E-state index is -1.65. The van der Waals surface area contributed by atoms with Crippen LogP contribution >= 0.6 is 0 Å². The second-order valence-corrected chi connectivity index (χ2v) is 7.64. The Labute approximate surface area is 136 Å². The highest BCUT2D eigenvalue weighted by Crippen LogP contribution is 2.49. The molecule has 23 heavy (non-hydrogen) atoms. The lowest BCUT2D eigenvalue weighted by Gasteiger charge is -2.39. The van der Waals surface area contributed by atoms with E-state index in [-0.39, 0.29) is 6.42 Å². The molecule has 0 aromatic rings. The Balaban J connectivity index is 2.12. The zero-order chi connectivity index (χ0) is 17.7. The average Bonchev–Trinajstić information content (AvgIpc) is 3.00. The van der Waals surface area contributed by atoms with Gasteiger partial charge >= 0.3 is 5.97 Å². The van der Waals surface area contributed by atoms with E-state index in [9.17, 15) is 20.1 Å². The number of hydrogen-bond acceptors (Lipinski definition) is 7. The zero-order valence-electron chi connectivity index (χ0n) is 14.5. The number of aliphatic hydroxyl groups excluding tert-OH is 1. The minimum Gasteiger partial charge on any atom is -0.467 e. The molecule has 5 atom stereocenters. The van der Waals surface area contributed by atoms with Crippen molar-refractivity contribution in [2.75, 3.05) is 7.11 Å². The summed E-state index contributed by atoms with van der Waals surface area (Å²) in [5, 5.41) is 30.8. The standard InChI is InChI=1S/C16H28O7/c1-13(2,19)16(20)9-8-14(3,23-16)10-6-7-15(4,22-10)11(17)12(18)21-5/h10-11,17,19-20H,6-9H2,1-5H3/t10-,11+,14-,15+,16-/m0/s1. The van der Waals surface area contributed by atoms with Crippen molar-refractivity contribution in [1.29, 1.82) is 0 Å². The van der Waals surface area contributed by atoms with Gasteiger partial charge in [-0.3, -0.25) is 0 Å². The van der Waals surface area contributed by atoms with Gasteiger partial charge < -0.3 is 29.5 Å². The lowest BCUT2D eigenvalue weighted by atomic mass is 9.89. The maximum atomic E-state index is 11.6. The van der Waals surface area contributed by atoms with Crippen molar-refractivity contribution in [3.63, 3.8) is 0 Å². The van der Waals surface area contributed by atoms with E-state index in [1.807, 2.05) is 6.92 Å². The topological polar surface area (TPSA) is 105 Å². The number of esters is 1. The molecule has 2 fully saturated rings. The molecule has 3 N–H and O–H groups in total. The fraction of sp³-hybridized carbons (Fsp3) is 0.938. The van der Waals surface area contributed by atoms with E-state index in [4.69, 9.17) is 9.47 Å². The van der Waals surface area contributed by atoms with E-state index >= 15 is 0 Å². The maximum absolute atomic E-state index is 11.6. The van der Waals surface area contributed by atoms with E-state index in [2.05, 4.69) is 4.74 Å². The number of hydrogen-bond donors (Lipinski definition) is 3. The van der Waals surface area contributed by atoms with Crippen LogP contribution in [0.5, 0.6) is 0 Å². The third-order valence-electron chi connectivity index (χ3n) is 5.32. The third-order valence-corrected chi connectivity index (χ3v) is 5.32. The van der Waals surface area contributed by atoms with Gasteiger partial charge in [0.05, 0.1) is 18.8 Å². The third kappa shape index (κ3) is 3.13. The van der Waals surface area contributed by atoms with E-state index in [0.29, 0.717) is 19.3 Å². The predicted molar refractivity (Wildman–Crippen MR) is 80.5 cm³/mol. The van der Waals surface area contributed by atoms with Crippen LogP contribution < -0.4 is 0 Å². The first-order valence-electron chi connectivity index (χ1n) is 7.95. The molecule has 7 heteroatoms. The van der Waals surface area contributed by atoms with Crippen molar-refractivity contribution in [3.05, 3.63) is 0 Å². The maximum Gasteiger partial charge on any atom is 0.337 e. The summed E-state index contributed by atoms with van der Waals surface area (Å²) in [6.07, 6.45) is 0.0431. The van der Waals surface area contributed by atoms with Crippen molar-refractivity contribution in [1.82, 2.24) is 0 Å². The molecule has 0 aromatic carbocycles. The van der Waals surface area contributed by atoms with Crippen LogP contribution in [0.25, 0.3) is 0 Å². The second kappa shape index (κ2) is 5.67. The van der Waals surface area contributed by atoms with Crippen LogP contribution in [0.1, 0.15) is 53.4 Å². The SMILES string of the molecule is COC(=O)[C@@H](O)[C@@]1(C)CC[C@@H]([C@]2(C)CC[C@@](O)(C(C)(C)O)O2)O1. The second-order valence-electron chi connectivity index (χ2n) is 7.64. The van der Waals surface area contributed by atoms with Gasteiger partial charge in [-0.2, -0.15) is 0 Å². The van der Waals surface area contributed by atoms with Gasteiger partial charge in [0.25, 0.3) is 0 Å². The highest BCUT2D eigenvalue weighted by atomic mass is 16.7. The summed E-state index contributed by atoms with van der Waals surface area (Å²) in [6, 6.07) is 0. The summed E-state index contributed by atoms with van der Waals surface area (Å²) in [5.41, 5.74) is -3.26. The van der Waals surface area contributed by atoms with Gasteiger partial charge in [-0.05, 0) is 47.0 Å². The smallest absolute Gasteiger partial charge is 0.337 e. The number of methoxy groups -OCH3 is 1. The van der Waals surface area contributed by atoms with Gasteiger partial charge in [0.1, 0.15) is 11.2 Å². The van der Waals surface area contributed by atoms with Crippen LogP contribution in [-0.2, 0) is 19.0 Å². The summed E-state index contributed by atoms with van der Waals surface area (Å²) in [7, 11) is 1.21. The quantitative estimate of drug-likeness (QED) is 0.643. The molecular weight excluding hydrogens is 304 g/mol. The molecule has 0 bridgehead atoms. The fourth-order valence-electron chi connectivity index (χ4n) is 3.42. The predicted octanol–water partition coefficient (Wildman–Crippen LogP) is 0.487. The number of aliphatic hydroxyl groups is 3. The molecule has 0 saturated carbocycles. The summed E-state index contributed by atoms with van der Waals surface area (Å²) in [4.78, 5) is 11.6. The minimum absolute atomic E-state index is 0.281.